The zero-order valence-corrected chi connectivity index (χ0v) is 18.6. The lowest BCUT2D eigenvalue weighted by Gasteiger charge is -2.50. The molecule has 12 nitrogen and oxygen atoms in total. The van der Waals surface area contributed by atoms with E-state index in [1.165, 1.54) is 19.9 Å². The van der Waals surface area contributed by atoms with Crippen molar-refractivity contribution in [3.05, 3.63) is 11.8 Å². The van der Waals surface area contributed by atoms with Crippen LogP contribution < -0.4 is 5.73 Å². The van der Waals surface area contributed by atoms with Gasteiger partial charge >= 0.3 is 16.3 Å². The van der Waals surface area contributed by atoms with Crippen LogP contribution in [0.2, 0.25) is 0 Å². The van der Waals surface area contributed by atoms with E-state index in [1.807, 2.05) is 0 Å². The summed E-state index contributed by atoms with van der Waals surface area (Å²) < 4.78 is 32.9. The molecule has 0 aromatic heterocycles. The molecule has 31 heavy (non-hydrogen) atoms. The monoisotopic (exact) mass is 458 g/mol. The summed E-state index contributed by atoms with van der Waals surface area (Å²) in [5.74, 6) is -3.80. The van der Waals surface area contributed by atoms with Crippen molar-refractivity contribution < 1.29 is 37.3 Å². The molecular weight excluding hydrogens is 432 g/mol. The Labute approximate surface area is 179 Å². The van der Waals surface area contributed by atoms with Crippen LogP contribution in [0, 0.1) is 11.3 Å². The zero-order valence-electron chi connectivity index (χ0n) is 17.8. The Hall–Kier alpha value is -2.80. The summed E-state index contributed by atoms with van der Waals surface area (Å²) in [4.78, 5) is 45.7. The maximum absolute atomic E-state index is 13.0. The molecule has 1 amide bonds. The fraction of sp³-hybridized carbons (Fsp3) is 0.611. The molecule has 0 aliphatic carbocycles. The Morgan fingerprint density at radius 2 is 1.90 bits per heavy atom. The first kappa shape index (κ1) is 24.5. The summed E-state index contributed by atoms with van der Waals surface area (Å²) in [5, 5.41) is 12.9. The molecule has 4 N–H and O–H groups in total. The molecule has 1 saturated heterocycles. The van der Waals surface area contributed by atoms with E-state index in [0.29, 0.717) is 4.31 Å². The van der Waals surface area contributed by atoms with Crippen molar-refractivity contribution in [2.75, 3.05) is 0 Å². The maximum atomic E-state index is 13.0. The van der Waals surface area contributed by atoms with Gasteiger partial charge in [0.15, 0.2) is 11.5 Å². The Kier molecular flexibility index (Phi) is 6.34. The highest BCUT2D eigenvalue weighted by atomic mass is 32.2. The highest BCUT2D eigenvalue weighted by Gasteiger charge is 2.58. The van der Waals surface area contributed by atoms with E-state index >= 15 is 0 Å². The minimum absolute atomic E-state index is 0.0643. The number of ketones is 1. The Morgan fingerprint density at radius 1 is 1.32 bits per heavy atom. The van der Waals surface area contributed by atoms with Crippen LogP contribution in [-0.4, -0.2) is 63.2 Å². The van der Waals surface area contributed by atoms with Crippen LogP contribution in [0.5, 0.6) is 0 Å². The lowest BCUT2D eigenvalue weighted by atomic mass is 9.71. The number of oxime groups is 1. The third kappa shape index (κ3) is 5.10. The van der Waals surface area contributed by atoms with Crippen LogP contribution in [0.1, 0.15) is 47.5 Å². The number of nitrogens with zero attached hydrogens (tertiary/aromatic N) is 3. The number of Topliss-reactive ketones (excluding diaryl/α,β-unsaturated/α-hetero) is 1. The van der Waals surface area contributed by atoms with E-state index in [9.17, 15) is 32.5 Å². The van der Waals surface area contributed by atoms with E-state index in [4.69, 9.17) is 10.6 Å². The molecule has 172 valence electrons. The molecule has 0 aromatic rings. The number of allylic oxidation sites excluding steroid dienone is 1. The summed E-state index contributed by atoms with van der Waals surface area (Å²) in [6.07, 6.45) is 1.29. The predicted octanol–water partition coefficient (Wildman–Crippen LogP) is 0.502. The normalized spacial score (nSPS) is 22.6. The number of amidine groups is 1. The van der Waals surface area contributed by atoms with E-state index in [-0.39, 0.29) is 23.7 Å². The van der Waals surface area contributed by atoms with Gasteiger partial charge in [0.1, 0.15) is 5.84 Å². The molecule has 0 spiro atoms. The highest BCUT2D eigenvalue weighted by Crippen LogP contribution is 2.42. The first-order chi connectivity index (χ1) is 14.0. The molecule has 0 saturated carbocycles. The van der Waals surface area contributed by atoms with Gasteiger partial charge in [-0.3, -0.25) is 14.1 Å². The minimum atomic E-state index is -4.80. The third-order valence-corrected chi connectivity index (χ3v) is 5.77. The molecule has 2 rings (SSSR count). The molecule has 0 aromatic carbocycles. The number of carboxylic acids is 1. The van der Waals surface area contributed by atoms with E-state index in [1.54, 1.807) is 20.8 Å². The van der Waals surface area contributed by atoms with Crippen LogP contribution in [0.25, 0.3) is 0 Å². The number of carbonyl (C=O) groups excluding carboxylic acids is 2. The van der Waals surface area contributed by atoms with Crippen molar-refractivity contribution in [2.45, 2.75) is 59.1 Å². The average molecular weight is 458 g/mol. The molecular formula is C18H26N4O8S. The number of aliphatic carboxylic acids is 1. The Bertz CT molecular complexity index is 1000. The first-order valence-corrected chi connectivity index (χ1v) is 10.7. The van der Waals surface area contributed by atoms with Crippen LogP contribution in [-0.2, 0) is 29.5 Å². The van der Waals surface area contributed by atoms with E-state index in [0.717, 1.165) is 0 Å². The Morgan fingerprint density at radius 3 is 2.32 bits per heavy atom. The lowest BCUT2D eigenvalue weighted by molar-refractivity contribution is -0.161. The van der Waals surface area contributed by atoms with Gasteiger partial charge in [-0.05, 0) is 25.3 Å². The van der Waals surface area contributed by atoms with Gasteiger partial charge in [0.05, 0.1) is 17.7 Å². The van der Waals surface area contributed by atoms with Gasteiger partial charge in [-0.1, -0.05) is 25.9 Å². The molecule has 1 fully saturated rings. The maximum Gasteiger partial charge on any atom is 0.362 e. The van der Waals surface area contributed by atoms with Gasteiger partial charge in [0.25, 0.3) is 0 Å². The second-order valence-electron chi connectivity index (χ2n) is 8.90. The number of hydrogen-bond acceptors (Lipinski definition) is 9. The topological polar surface area (TPSA) is 189 Å². The number of aliphatic imine (C=N–C) groups is 1. The number of carbonyl (C=O) groups is 3. The smallest absolute Gasteiger partial charge is 0.362 e. The van der Waals surface area contributed by atoms with Crippen LogP contribution in [0.15, 0.2) is 21.9 Å². The summed E-state index contributed by atoms with van der Waals surface area (Å²) in [5.41, 5.74) is 2.85. The number of nitrogens with two attached hydrogens (primary N) is 1. The van der Waals surface area contributed by atoms with Crippen molar-refractivity contribution in [1.82, 2.24) is 4.31 Å². The third-order valence-electron chi connectivity index (χ3n) is 4.86. The predicted molar refractivity (Wildman–Crippen MR) is 109 cm³/mol. The SMILES string of the molecule is CC(C)(O/N=C(\C(=O)C[C@@H]1C(=O)N(S(=O)(=O)O)C1C(C)(C)C)C1=CCC(N)=N1)C(=O)O. The second kappa shape index (κ2) is 8.04. The Balaban J connectivity index is 2.35. The molecule has 2 heterocycles. The van der Waals surface area contributed by atoms with Crippen LogP contribution >= 0.6 is 0 Å². The van der Waals surface area contributed by atoms with Crippen molar-refractivity contribution >= 4 is 39.5 Å². The zero-order chi connectivity index (χ0) is 23.9. The lowest BCUT2D eigenvalue weighted by Crippen LogP contribution is -2.67. The molecule has 13 heteroatoms. The van der Waals surface area contributed by atoms with Crippen molar-refractivity contribution in [3.8, 4) is 0 Å². The van der Waals surface area contributed by atoms with Gasteiger partial charge in [-0.2, -0.15) is 8.42 Å². The number of β-lactam (4-membered cyclic amide) rings is 1. The summed E-state index contributed by atoms with van der Waals surface area (Å²) in [6.45, 7) is 7.46. The number of rotatable bonds is 8. The summed E-state index contributed by atoms with van der Waals surface area (Å²) in [6, 6.07) is -0.970. The quantitative estimate of drug-likeness (QED) is 0.201. The van der Waals surface area contributed by atoms with E-state index in [2.05, 4.69) is 10.1 Å². The molecule has 0 radical (unpaired) electrons. The van der Waals surface area contributed by atoms with Crippen molar-refractivity contribution in [3.63, 3.8) is 0 Å². The number of amides is 1. The van der Waals surface area contributed by atoms with Gasteiger partial charge in [-0.25, -0.2) is 14.1 Å². The number of hydrogen-bond donors (Lipinski definition) is 3. The first-order valence-electron chi connectivity index (χ1n) is 9.34. The summed E-state index contributed by atoms with van der Waals surface area (Å²) >= 11 is 0. The highest BCUT2D eigenvalue weighted by molar-refractivity contribution is 7.84. The van der Waals surface area contributed by atoms with Gasteiger partial charge < -0.3 is 15.7 Å². The minimum Gasteiger partial charge on any atom is -0.478 e. The van der Waals surface area contributed by atoms with Crippen LogP contribution in [0.3, 0.4) is 0 Å². The molecule has 2 aliphatic rings. The molecule has 2 aliphatic heterocycles. The summed E-state index contributed by atoms with van der Waals surface area (Å²) in [7, 11) is -4.80. The fourth-order valence-electron chi connectivity index (χ4n) is 3.26. The van der Waals surface area contributed by atoms with Crippen molar-refractivity contribution in [2.24, 2.45) is 27.2 Å². The van der Waals surface area contributed by atoms with Gasteiger partial charge in [-0.15, -0.1) is 0 Å². The standard InChI is InChI=1S/C18H26N4O8S/c1-17(2,3)14-9(15(24)22(14)31(27,28)29)8-11(23)13(10-6-7-12(19)20-10)21-30-18(4,5)16(25)26/h6,9,14H,7-8H2,1-5H3,(H2,19,20)(H,25,26)(H,27,28,29)/b21-13-/t9-,14?/m0/s1. The number of carboxylic acid groups (broad SMARTS) is 1. The molecule has 0 bridgehead atoms. The second-order valence-corrected chi connectivity index (χ2v) is 10.2. The van der Waals surface area contributed by atoms with Crippen molar-refractivity contribution in [1.29, 1.82) is 0 Å². The van der Waals surface area contributed by atoms with Crippen LogP contribution in [0.4, 0.5) is 0 Å². The molecule has 2 atom stereocenters. The fourth-order valence-corrected chi connectivity index (χ4v) is 4.37. The van der Waals surface area contributed by atoms with Gasteiger partial charge in [0, 0.05) is 12.8 Å². The van der Waals surface area contributed by atoms with E-state index < -0.39 is 57.4 Å². The largest absolute Gasteiger partial charge is 0.478 e. The molecule has 1 unspecified atom stereocenters. The average Bonchev–Trinajstić information content (AvgIpc) is 3.00. The van der Waals surface area contributed by atoms with Gasteiger partial charge in [0.2, 0.25) is 11.5 Å².